The van der Waals surface area contributed by atoms with Gasteiger partial charge in [-0.05, 0) is 43.3 Å². The molecule has 29 heavy (non-hydrogen) atoms. The molecule has 1 aromatic heterocycles. The lowest BCUT2D eigenvalue weighted by molar-refractivity contribution is -0.131. The van der Waals surface area contributed by atoms with E-state index in [1.54, 1.807) is 16.8 Å². The van der Waals surface area contributed by atoms with Crippen LogP contribution in [-0.2, 0) is 11.2 Å². The summed E-state index contributed by atoms with van der Waals surface area (Å²) < 4.78 is 15.1. The molecule has 7 heteroatoms. The molecule has 1 saturated heterocycles. The summed E-state index contributed by atoms with van der Waals surface area (Å²) in [6, 6.07) is 16.3. The SMILES string of the molecule is CC1CN(C(=O)Cc2cn(-c3ccccc3)nc2-c2ccc(F)cc2)CCN1.Cl. The number of benzene rings is 2. The fraction of sp³-hybridized carbons (Fsp3) is 0.273. The number of hydrogen-bond donors (Lipinski definition) is 1. The molecule has 2 aromatic carbocycles. The third-order valence-electron chi connectivity index (χ3n) is 4.99. The molecule has 0 bridgehead atoms. The van der Waals surface area contributed by atoms with E-state index in [4.69, 9.17) is 5.10 Å². The lowest BCUT2D eigenvalue weighted by Gasteiger charge is -2.32. The summed E-state index contributed by atoms with van der Waals surface area (Å²) in [5.41, 5.74) is 3.26. The summed E-state index contributed by atoms with van der Waals surface area (Å²) in [7, 11) is 0. The molecule has 1 amide bonds. The van der Waals surface area contributed by atoms with E-state index < -0.39 is 0 Å². The zero-order valence-corrected chi connectivity index (χ0v) is 17.0. The van der Waals surface area contributed by atoms with Gasteiger partial charge < -0.3 is 10.2 Å². The van der Waals surface area contributed by atoms with Crippen molar-refractivity contribution >= 4 is 18.3 Å². The Hall–Kier alpha value is -2.70. The summed E-state index contributed by atoms with van der Waals surface area (Å²) in [5, 5.41) is 8.06. The summed E-state index contributed by atoms with van der Waals surface area (Å²) >= 11 is 0. The minimum Gasteiger partial charge on any atom is -0.340 e. The zero-order valence-electron chi connectivity index (χ0n) is 16.2. The highest BCUT2D eigenvalue weighted by atomic mass is 35.5. The number of aromatic nitrogens is 2. The Morgan fingerprint density at radius 3 is 2.59 bits per heavy atom. The number of amides is 1. The molecule has 1 fully saturated rings. The molecule has 1 atom stereocenters. The van der Waals surface area contributed by atoms with Crippen molar-refractivity contribution in [1.82, 2.24) is 20.0 Å². The molecule has 1 aliphatic rings. The summed E-state index contributed by atoms with van der Waals surface area (Å²) in [6.45, 7) is 4.30. The zero-order chi connectivity index (χ0) is 19.5. The second-order valence-electron chi connectivity index (χ2n) is 7.16. The van der Waals surface area contributed by atoms with Gasteiger partial charge in [0.15, 0.2) is 0 Å². The van der Waals surface area contributed by atoms with E-state index in [1.165, 1.54) is 12.1 Å². The number of hydrogen-bond acceptors (Lipinski definition) is 3. The van der Waals surface area contributed by atoms with Crippen LogP contribution in [0.5, 0.6) is 0 Å². The van der Waals surface area contributed by atoms with Gasteiger partial charge in [0.25, 0.3) is 0 Å². The van der Waals surface area contributed by atoms with Crippen LogP contribution in [0.1, 0.15) is 12.5 Å². The maximum atomic E-state index is 13.4. The fourth-order valence-corrected chi connectivity index (χ4v) is 3.54. The Morgan fingerprint density at radius 2 is 1.90 bits per heavy atom. The minimum atomic E-state index is -0.293. The van der Waals surface area contributed by atoms with Gasteiger partial charge in [0, 0.05) is 43.0 Å². The number of piperazine rings is 1. The molecule has 1 aliphatic heterocycles. The van der Waals surface area contributed by atoms with E-state index in [0.717, 1.165) is 23.4 Å². The Morgan fingerprint density at radius 1 is 1.17 bits per heavy atom. The van der Waals surface area contributed by atoms with E-state index in [0.29, 0.717) is 24.8 Å². The standard InChI is InChI=1S/C22H23FN4O.ClH/c1-16-14-26(12-11-24-16)21(28)13-18-15-27(20-5-3-2-4-6-20)25-22(18)17-7-9-19(23)10-8-17;/h2-10,15-16,24H,11-14H2,1H3;1H. The van der Waals surface area contributed by atoms with Gasteiger partial charge in [-0.1, -0.05) is 18.2 Å². The van der Waals surface area contributed by atoms with Gasteiger partial charge in [-0.2, -0.15) is 5.10 Å². The Labute approximate surface area is 175 Å². The van der Waals surface area contributed by atoms with E-state index >= 15 is 0 Å². The van der Waals surface area contributed by atoms with Crippen LogP contribution in [0.15, 0.2) is 60.8 Å². The number of para-hydroxylation sites is 1. The van der Waals surface area contributed by atoms with E-state index in [1.807, 2.05) is 41.4 Å². The van der Waals surface area contributed by atoms with Gasteiger partial charge in [0.05, 0.1) is 17.8 Å². The average molecular weight is 415 g/mol. The lowest BCUT2D eigenvalue weighted by Crippen LogP contribution is -2.51. The van der Waals surface area contributed by atoms with Gasteiger partial charge in [-0.25, -0.2) is 9.07 Å². The van der Waals surface area contributed by atoms with Gasteiger partial charge in [-0.3, -0.25) is 4.79 Å². The van der Waals surface area contributed by atoms with E-state index in [2.05, 4.69) is 12.2 Å². The van der Waals surface area contributed by atoms with Crippen molar-refractivity contribution in [2.75, 3.05) is 19.6 Å². The van der Waals surface area contributed by atoms with Crippen LogP contribution in [0.2, 0.25) is 0 Å². The Kier molecular flexibility index (Phi) is 6.67. The second-order valence-corrected chi connectivity index (χ2v) is 7.16. The van der Waals surface area contributed by atoms with Gasteiger partial charge in [0.1, 0.15) is 5.82 Å². The van der Waals surface area contributed by atoms with Crippen LogP contribution >= 0.6 is 12.4 Å². The molecule has 0 spiro atoms. The normalized spacial score (nSPS) is 16.3. The lowest BCUT2D eigenvalue weighted by atomic mass is 10.0. The van der Waals surface area contributed by atoms with Crippen LogP contribution in [0, 0.1) is 5.82 Å². The van der Waals surface area contributed by atoms with Crippen molar-refractivity contribution in [2.24, 2.45) is 0 Å². The predicted molar refractivity (Wildman–Crippen MR) is 114 cm³/mol. The van der Waals surface area contributed by atoms with Crippen LogP contribution < -0.4 is 5.32 Å². The van der Waals surface area contributed by atoms with Crippen LogP contribution in [0.4, 0.5) is 4.39 Å². The highest BCUT2D eigenvalue weighted by molar-refractivity contribution is 5.85. The van der Waals surface area contributed by atoms with E-state index in [-0.39, 0.29) is 30.6 Å². The van der Waals surface area contributed by atoms with E-state index in [9.17, 15) is 9.18 Å². The monoisotopic (exact) mass is 414 g/mol. The quantitative estimate of drug-likeness (QED) is 0.711. The first kappa shape index (κ1) is 21.0. The van der Waals surface area contributed by atoms with Crippen LogP contribution in [0.25, 0.3) is 16.9 Å². The first-order valence-electron chi connectivity index (χ1n) is 9.51. The van der Waals surface area contributed by atoms with Crippen LogP contribution in [-0.4, -0.2) is 46.3 Å². The molecule has 4 rings (SSSR count). The molecule has 3 aromatic rings. The third-order valence-corrected chi connectivity index (χ3v) is 4.99. The van der Waals surface area contributed by atoms with Crippen LogP contribution in [0.3, 0.4) is 0 Å². The Balaban J connectivity index is 0.00000240. The summed E-state index contributed by atoms with van der Waals surface area (Å²) in [4.78, 5) is 14.8. The maximum Gasteiger partial charge on any atom is 0.227 e. The fourth-order valence-electron chi connectivity index (χ4n) is 3.54. The maximum absolute atomic E-state index is 13.4. The van der Waals surface area contributed by atoms with Crippen molar-refractivity contribution in [3.8, 4) is 16.9 Å². The molecule has 0 radical (unpaired) electrons. The molecule has 1 N–H and O–H groups in total. The first-order valence-corrected chi connectivity index (χ1v) is 9.51. The van der Waals surface area contributed by atoms with Gasteiger partial charge in [0.2, 0.25) is 5.91 Å². The number of nitrogens with zero attached hydrogens (tertiary/aromatic N) is 3. The average Bonchev–Trinajstić information content (AvgIpc) is 3.13. The number of nitrogens with one attached hydrogen (secondary N) is 1. The molecular formula is C22H24ClFN4O. The molecule has 2 heterocycles. The molecular weight excluding hydrogens is 391 g/mol. The van der Waals surface area contributed by atoms with Crippen molar-refractivity contribution in [3.05, 3.63) is 72.2 Å². The topological polar surface area (TPSA) is 50.2 Å². The number of rotatable bonds is 4. The summed E-state index contributed by atoms with van der Waals surface area (Å²) in [5.74, 6) is -0.206. The molecule has 5 nitrogen and oxygen atoms in total. The number of carbonyl (C=O) groups excluding carboxylic acids is 1. The molecule has 1 unspecified atom stereocenters. The highest BCUT2D eigenvalue weighted by Crippen LogP contribution is 2.25. The van der Waals surface area contributed by atoms with Gasteiger partial charge >= 0.3 is 0 Å². The summed E-state index contributed by atoms with van der Waals surface area (Å²) in [6.07, 6.45) is 2.17. The van der Waals surface area contributed by atoms with Gasteiger partial charge in [-0.15, -0.1) is 12.4 Å². The first-order chi connectivity index (χ1) is 13.6. The van der Waals surface area contributed by atoms with Crippen molar-refractivity contribution in [1.29, 1.82) is 0 Å². The smallest absolute Gasteiger partial charge is 0.227 e. The van der Waals surface area contributed by atoms with Crippen molar-refractivity contribution < 1.29 is 9.18 Å². The largest absolute Gasteiger partial charge is 0.340 e. The minimum absolute atomic E-state index is 0. The number of carbonyl (C=O) groups is 1. The molecule has 0 aliphatic carbocycles. The van der Waals surface area contributed by atoms with Crippen molar-refractivity contribution in [3.63, 3.8) is 0 Å². The molecule has 0 saturated carbocycles. The second kappa shape index (κ2) is 9.20. The highest BCUT2D eigenvalue weighted by Gasteiger charge is 2.23. The van der Waals surface area contributed by atoms with Crippen molar-refractivity contribution in [2.45, 2.75) is 19.4 Å². The molecule has 152 valence electrons. The third kappa shape index (κ3) is 4.83. The number of halogens is 2. The predicted octanol–water partition coefficient (Wildman–Crippen LogP) is 3.46. The Bertz CT molecular complexity index is 959.